The first-order valence-electron chi connectivity index (χ1n) is 6.07. The summed E-state index contributed by atoms with van der Waals surface area (Å²) in [5, 5.41) is 15.6. The first-order valence-corrected chi connectivity index (χ1v) is 6.07. The largest absolute Gasteiger partial charge is 0.506 e. The van der Waals surface area contributed by atoms with Crippen molar-refractivity contribution in [2.24, 2.45) is 0 Å². The Morgan fingerprint density at radius 3 is 2.94 bits per heavy atom. The Hall–Kier alpha value is -1.26. The van der Waals surface area contributed by atoms with Crippen LogP contribution >= 0.6 is 12.4 Å². The zero-order chi connectivity index (χ0) is 12.3. The predicted octanol–water partition coefficient (Wildman–Crippen LogP) is 2.07. The first-order chi connectivity index (χ1) is 8.20. The smallest absolute Gasteiger partial charge is 0.241 e. The van der Waals surface area contributed by atoms with E-state index in [0.717, 1.165) is 31.4 Å². The lowest BCUT2D eigenvalue weighted by Gasteiger charge is -2.13. The molecular weight excluding hydrogens is 252 g/mol. The van der Waals surface area contributed by atoms with E-state index in [4.69, 9.17) is 0 Å². The van der Waals surface area contributed by atoms with Gasteiger partial charge in [0.25, 0.3) is 0 Å². The molecule has 1 saturated heterocycles. The third kappa shape index (κ3) is 3.37. The van der Waals surface area contributed by atoms with Crippen LogP contribution < -0.4 is 10.6 Å². The van der Waals surface area contributed by atoms with Crippen LogP contribution in [0.1, 0.15) is 25.3 Å². The summed E-state index contributed by atoms with van der Waals surface area (Å²) in [7, 11) is 0. The predicted molar refractivity (Wildman–Crippen MR) is 74.4 cm³/mol. The maximum atomic E-state index is 11.9. The molecule has 5 heteroatoms. The van der Waals surface area contributed by atoms with Gasteiger partial charge in [-0.05, 0) is 43.5 Å². The van der Waals surface area contributed by atoms with Crippen LogP contribution in [-0.4, -0.2) is 23.6 Å². The molecule has 1 atom stereocenters. The molecule has 0 spiro atoms. The van der Waals surface area contributed by atoms with Crippen LogP contribution in [0.3, 0.4) is 0 Å². The van der Waals surface area contributed by atoms with Gasteiger partial charge in [-0.2, -0.15) is 0 Å². The van der Waals surface area contributed by atoms with Crippen LogP contribution in [0.15, 0.2) is 18.2 Å². The SMILES string of the molecule is CCc1ccc(O)c(NC(=O)[C@@H]2CCCN2)c1.Cl. The normalized spacial score (nSPS) is 18.2. The molecule has 1 amide bonds. The monoisotopic (exact) mass is 270 g/mol. The van der Waals surface area contributed by atoms with E-state index in [1.54, 1.807) is 6.07 Å². The molecule has 100 valence electrons. The molecule has 18 heavy (non-hydrogen) atoms. The van der Waals surface area contributed by atoms with Crippen LogP contribution in [-0.2, 0) is 11.2 Å². The number of phenols is 1. The van der Waals surface area contributed by atoms with Gasteiger partial charge in [0.15, 0.2) is 0 Å². The average Bonchev–Trinajstić information content (AvgIpc) is 2.85. The second-order valence-electron chi connectivity index (χ2n) is 4.34. The molecule has 1 fully saturated rings. The number of hydrogen-bond acceptors (Lipinski definition) is 3. The lowest BCUT2D eigenvalue weighted by atomic mass is 10.1. The minimum absolute atomic E-state index is 0. The maximum absolute atomic E-state index is 11.9. The number of carbonyl (C=O) groups excluding carboxylic acids is 1. The summed E-state index contributed by atoms with van der Waals surface area (Å²) >= 11 is 0. The molecular formula is C13H19ClN2O2. The van der Waals surface area contributed by atoms with E-state index in [2.05, 4.69) is 10.6 Å². The van der Waals surface area contributed by atoms with Crippen molar-refractivity contribution in [3.8, 4) is 5.75 Å². The fraction of sp³-hybridized carbons (Fsp3) is 0.462. The van der Waals surface area contributed by atoms with Gasteiger partial charge in [-0.15, -0.1) is 12.4 Å². The Balaban J connectivity index is 0.00000162. The van der Waals surface area contributed by atoms with Crippen molar-refractivity contribution in [2.45, 2.75) is 32.2 Å². The van der Waals surface area contributed by atoms with E-state index >= 15 is 0 Å². The van der Waals surface area contributed by atoms with E-state index in [1.807, 2.05) is 19.1 Å². The highest BCUT2D eigenvalue weighted by atomic mass is 35.5. The lowest BCUT2D eigenvalue weighted by molar-refractivity contribution is -0.117. The molecule has 0 aromatic heterocycles. The first kappa shape index (κ1) is 14.8. The number of phenolic OH excluding ortho intramolecular Hbond substituents is 1. The number of benzene rings is 1. The average molecular weight is 271 g/mol. The Labute approximate surface area is 113 Å². The topological polar surface area (TPSA) is 61.4 Å². The number of nitrogens with one attached hydrogen (secondary N) is 2. The molecule has 4 nitrogen and oxygen atoms in total. The third-order valence-electron chi connectivity index (χ3n) is 3.10. The van der Waals surface area contributed by atoms with Crippen molar-refractivity contribution in [1.82, 2.24) is 5.32 Å². The van der Waals surface area contributed by atoms with E-state index in [0.29, 0.717) is 5.69 Å². The number of anilines is 1. The van der Waals surface area contributed by atoms with Gasteiger partial charge in [0.1, 0.15) is 5.75 Å². The Kier molecular flexibility index (Phi) is 5.44. The molecule has 1 aromatic rings. The Bertz CT molecular complexity index is 417. The van der Waals surface area contributed by atoms with Crippen LogP contribution in [0.25, 0.3) is 0 Å². The molecule has 0 bridgehead atoms. The number of halogens is 1. The van der Waals surface area contributed by atoms with Crippen molar-refractivity contribution in [3.05, 3.63) is 23.8 Å². The van der Waals surface area contributed by atoms with Crippen molar-refractivity contribution in [3.63, 3.8) is 0 Å². The van der Waals surface area contributed by atoms with Gasteiger partial charge in [0.05, 0.1) is 11.7 Å². The van der Waals surface area contributed by atoms with Gasteiger partial charge in [-0.25, -0.2) is 0 Å². The van der Waals surface area contributed by atoms with Crippen molar-refractivity contribution < 1.29 is 9.90 Å². The molecule has 0 radical (unpaired) electrons. The maximum Gasteiger partial charge on any atom is 0.241 e. The number of aromatic hydroxyl groups is 1. The van der Waals surface area contributed by atoms with Gasteiger partial charge in [0, 0.05) is 0 Å². The number of hydrogen-bond donors (Lipinski definition) is 3. The van der Waals surface area contributed by atoms with Crippen LogP contribution in [0.2, 0.25) is 0 Å². The summed E-state index contributed by atoms with van der Waals surface area (Å²) in [6.07, 6.45) is 2.77. The summed E-state index contributed by atoms with van der Waals surface area (Å²) in [4.78, 5) is 11.9. The molecule has 1 aromatic carbocycles. The molecule has 1 heterocycles. The molecule has 3 N–H and O–H groups in total. The fourth-order valence-electron chi connectivity index (χ4n) is 2.03. The highest BCUT2D eigenvalue weighted by molar-refractivity contribution is 5.96. The second kappa shape index (κ2) is 6.61. The van der Waals surface area contributed by atoms with E-state index in [-0.39, 0.29) is 30.1 Å². The molecule has 1 aliphatic rings. The van der Waals surface area contributed by atoms with Crippen molar-refractivity contribution in [1.29, 1.82) is 0 Å². The van der Waals surface area contributed by atoms with Crippen molar-refractivity contribution in [2.75, 3.05) is 11.9 Å². The summed E-state index contributed by atoms with van der Waals surface area (Å²) in [6, 6.07) is 5.18. The minimum atomic E-state index is -0.125. The second-order valence-corrected chi connectivity index (χ2v) is 4.34. The summed E-state index contributed by atoms with van der Waals surface area (Å²) in [5.74, 6) is 0.0552. The molecule has 2 rings (SSSR count). The van der Waals surface area contributed by atoms with Crippen LogP contribution in [0, 0.1) is 0 Å². The lowest BCUT2D eigenvalue weighted by Crippen LogP contribution is -2.35. The quantitative estimate of drug-likeness (QED) is 0.737. The van der Waals surface area contributed by atoms with Gasteiger partial charge in [-0.1, -0.05) is 13.0 Å². The van der Waals surface area contributed by atoms with Crippen molar-refractivity contribution >= 4 is 24.0 Å². The van der Waals surface area contributed by atoms with Crippen LogP contribution in [0.5, 0.6) is 5.75 Å². The highest BCUT2D eigenvalue weighted by Gasteiger charge is 2.22. The summed E-state index contributed by atoms with van der Waals surface area (Å²) < 4.78 is 0. The standard InChI is InChI=1S/C13H18N2O2.ClH/c1-2-9-5-6-12(16)11(8-9)15-13(17)10-4-3-7-14-10;/h5-6,8,10,14,16H,2-4,7H2,1H3,(H,15,17);1H/t10-;/m0./s1. The number of amides is 1. The van der Waals surface area contributed by atoms with E-state index in [1.165, 1.54) is 0 Å². The number of aryl methyl sites for hydroxylation is 1. The zero-order valence-corrected chi connectivity index (χ0v) is 11.2. The number of rotatable bonds is 3. The molecule has 1 aliphatic heterocycles. The zero-order valence-electron chi connectivity index (χ0n) is 10.4. The molecule has 0 saturated carbocycles. The third-order valence-corrected chi connectivity index (χ3v) is 3.10. The number of carbonyl (C=O) groups is 1. The van der Waals surface area contributed by atoms with Crippen LogP contribution in [0.4, 0.5) is 5.69 Å². The summed E-state index contributed by atoms with van der Waals surface area (Å²) in [6.45, 7) is 2.93. The fourth-order valence-corrected chi connectivity index (χ4v) is 2.03. The van der Waals surface area contributed by atoms with Gasteiger partial charge >= 0.3 is 0 Å². The molecule has 0 aliphatic carbocycles. The van der Waals surface area contributed by atoms with E-state index in [9.17, 15) is 9.90 Å². The minimum Gasteiger partial charge on any atom is -0.506 e. The Morgan fingerprint density at radius 2 is 2.33 bits per heavy atom. The van der Waals surface area contributed by atoms with Gasteiger partial charge < -0.3 is 15.7 Å². The molecule has 0 unspecified atom stereocenters. The Morgan fingerprint density at radius 1 is 1.56 bits per heavy atom. The van der Waals surface area contributed by atoms with Gasteiger partial charge in [-0.3, -0.25) is 4.79 Å². The summed E-state index contributed by atoms with van der Waals surface area (Å²) in [5.41, 5.74) is 1.60. The highest BCUT2D eigenvalue weighted by Crippen LogP contribution is 2.25. The van der Waals surface area contributed by atoms with E-state index < -0.39 is 0 Å². The van der Waals surface area contributed by atoms with Gasteiger partial charge in [0.2, 0.25) is 5.91 Å².